The van der Waals surface area contributed by atoms with Gasteiger partial charge in [0.15, 0.2) is 23.0 Å². The Labute approximate surface area is 193 Å². The van der Waals surface area contributed by atoms with Crippen LogP contribution in [-0.4, -0.2) is 36.9 Å². The molecule has 0 aliphatic carbocycles. The molecular weight excluding hydrogens is 454 g/mol. The molecule has 0 unspecified atom stereocenters. The van der Waals surface area contributed by atoms with E-state index in [1.165, 1.54) is 49.9 Å². The minimum atomic E-state index is -3.94. The molecule has 0 spiro atoms. The van der Waals surface area contributed by atoms with Crippen LogP contribution in [0.1, 0.15) is 5.56 Å². The highest BCUT2D eigenvalue weighted by molar-refractivity contribution is 7.92. The van der Waals surface area contributed by atoms with Gasteiger partial charge in [-0.25, -0.2) is 8.42 Å². The molecule has 7 nitrogen and oxygen atoms in total. The summed E-state index contributed by atoms with van der Waals surface area (Å²) < 4.78 is 49.9. The van der Waals surface area contributed by atoms with E-state index >= 15 is 0 Å². The van der Waals surface area contributed by atoms with Gasteiger partial charge in [0.2, 0.25) is 0 Å². The molecule has 0 aromatic heterocycles. The highest BCUT2D eigenvalue weighted by Gasteiger charge is 2.26. The Morgan fingerprint density at radius 2 is 1.25 bits per heavy atom. The first-order valence-corrected chi connectivity index (χ1v) is 11.4. The van der Waals surface area contributed by atoms with E-state index in [4.69, 9.17) is 30.5 Å². The van der Waals surface area contributed by atoms with Gasteiger partial charge >= 0.3 is 0 Å². The smallest absolute Gasteiger partial charge is 0.264 e. The average Bonchev–Trinajstić information content (AvgIpc) is 2.82. The van der Waals surface area contributed by atoms with Crippen molar-refractivity contribution in [3.05, 3.63) is 71.2 Å². The highest BCUT2D eigenvalue weighted by atomic mass is 35.5. The zero-order valence-corrected chi connectivity index (χ0v) is 19.7. The maximum atomic E-state index is 13.6. The number of benzene rings is 3. The summed E-state index contributed by atoms with van der Waals surface area (Å²) in [6.45, 7) is 0.0425. The molecule has 32 heavy (non-hydrogen) atoms. The number of rotatable bonds is 9. The van der Waals surface area contributed by atoms with Crippen LogP contribution in [0.2, 0.25) is 5.02 Å². The average molecular weight is 478 g/mol. The third-order valence-corrected chi connectivity index (χ3v) is 6.87. The molecule has 9 heteroatoms. The van der Waals surface area contributed by atoms with E-state index in [0.717, 1.165) is 0 Å². The minimum absolute atomic E-state index is 0.0425. The number of hydrogen-bond acceptors (Lipinski definition) is 6. The molecule has 0 aliphatic rings. The summed E-state index contributed by atoms with van der Waals surface area (Å²) in [6, 6.07) is 16.2. The maximum absolute atomic E-state index is 13.6. The first-order valence-electron chi connectivity index (χ1n) is 9.55. The van der Waals surface area contributed by atoms with Gasteiger partial charge in [-0.05, 0) is 54.1 Å². The summed E-state index contributed by atoms with van der Waals surface area (Å²) in [5, 5.41) is 0.446. The fraction of sp³-hybridized carbons (Fsp3) is 0.217. The van der Waals surface area contributed by atoms with Gasteiger partial charge in [0.1, 0.15) is 0 Å². The molecule has 0 atom stereocenters. The lowest BCUT2D eigenvalue weighted by atomic mass is 10.2. The van der Waals surface area contributed by atoms with E-state index in [1.54, 1.807) is 43.5 Å². The van der Waals surface area contributed by atoms with Crippen molar-refractivity contribution >= 4 is 27.3 Å². The predicted octanol–water partition coefficient (Wildman–Crippen LogP) is 4.77. The van der Waals surface area contributed by atoms with Gasteiger partial charge in [0.05, 0.1) is 45.6 Å². The number of methoxy groups -OCH3 is 4. The molecule has 3 aromatic carbocycles. The third-order valence-electron chi connectivity index (χ3n) is 4.83. The van der Waals surface area contributed by atoms with Crippen molar-refractivity contribution in [2.45, 2.75) is 11.4 Å². The van der Waals surface area contributed by atoms with Crippen LogP contribution in [0.25, 0.3) is 0 Å². The van der Waals surface area contributed by atoms with Crippen molar-refractivity contribution in [3.8, 4) is 23.0 Å². The Bertz CT molecular complexity index is 1180. The monoisotopic (exact) mass is 477 g/mol. The molecule has 0 heterocycles. The first kappa shape index (κ1) is 23.6. The maximum Gasteiger partial charge on any atom is 0.264 e. The Kier molecular flexibility index (Phi) is 7.37. The largest absolute Gasteiger partial charge is 0.493 e. The van der Waals surface area contributed by atoms with Crippen molar-refractivity contribution in [1.82, 2.24) is 0 Å². The quantitative estimate of drug-likeness (QED) is 0.442. The lowest BCUT2D eigenvalue weighted by molar-refractivity contribution is 0.354. The van der Waals surface area contributed by atoms with E-state index in [-0.39, 0.29) is 11.4 Å². The van der Waals surface area contributed by atoms with Gasteiger partial charge < -0.3 is 18.9 Å². The third kappa shape index (κ3) is 4.87. The fourth-order valence-electron chi connectivity index (χ4n) is 3.17. The van der Waals surface area contributed by atoms with Crippen LogP contribution in [0.15, 0.2) is 65.6 Å². The van der Waals surface area contributed by atoms with Crippen molar-refractivity contribution < 1.29 is 27.4 Å². The summed E-state index contributed by atoms with van der Waals surface area (Å²) in [5.74, 6) is 1.95. The van der Waals surface area contributed by atoms with Crippen LogP contribution in [-0.2, 0) is 16.6 Å². The SMILES string of the molecule is COc1ccc(CN(c2ccc(OC)c(OC)c2)S(=O)(=O)c2ccc(Cl)cc2)cc1OC. The summed E-state index contributed by atoms with van der Waals surface area (Å²) in [5.41, 5.74) is 1.11. The molecule has 3 rings (SSSR count). The van der Waals surface area contributed by atoms with Gasteiger partial charge in [-0.1, -0.05) is 17.7 Å². The normalized spacial score (nSPS) is 11.0. The minimum Gasteiger partial charge on any atom is -0.493 e. The van der Waals surface area contributed by atoms with E-state index in [0.29, 0.717) is 39.3 Å². The second-order valence-corrected chi connectivity index (χ2v) is 8.99. The van der Waals surface area contributed by atoms with Crippen LogP contribution >= 0.6 is 11.6 Å². The standard InChI is InChI=1S/C23H24ClNO6S/c1-28-20-11-5-16(13-22(20)30-3)15-25(18-8-12-21(29-2)23(14-18)31-4)32(26,27)19-9-6-17(24)7-10-19/h5-14H,15H2,1-4H3. The lowest BCUT2D eigenvalue weighted by Crippen LogP contribution is -2.30. The molecule has 0 amide bonds. The van der Waals surface area contributed by atoms with Crippen LogP contribution < -0.4 is 23.3 Å². The number of ether oxygens (including phenoxy) is 4. The van der Waals surface area contributed by atoms with Crippen LogP contribution in [0.3, 0.4) is 0 Å². The van der Waals surface area contributed by atoms with Crippen LogP contribution in [0.5, 0.6) is 23.0 Å². The molecule has 3 aromatic rings. The molecule has 0 radical (unpaired) electrons. The Hall–Kier alpha value is -3.10. The summed E-state index contributed by atoms with van der Waals surface area (Å²) in [4.78, 5) is 0.108. The molecule has 170 valence electrons. The Morgan fingerprint density at radius 3 is 1.81 bits per heavy atom. The van der Waals surface area contributed by atoms with E-state index < -0.39 is 10.0 Å². The van der Waals surface area contributed by atoms with Gasteiger partial charge in [-0.2, -0.15) is 0 Å². The Morgan fingerprint density at radius 1 is 0.719 bits per heavy atom. The number of nitrogens with zero attached hydrogens (tertiary/aromatic N) is 1. The zero-order chi connectivity index (χ0) is 23.3. The topological polar surface area (TPSA) is 74.3 Å². The van der Waals surface area contributed by atoms with Gasteiger partial charge in [-0.15, -0.1) is 0 Å². The van der Waals surface area contributed by atoms with E-state index in [2.05, 4.69) is 0 Å². The first-order chi connectivity index (χ1) is 15.3. The van der Waals surface area contributed by atoms with Crippen molar-refractivity contribution in [3.63, 3.8) is 0 Å². The van der Waals surface area contributed by atoms with Gasteiger partial charge in [0.25, 0.3) is 10.0 Å². The van der Waals surface area contributed by atoms with E-state index in [9.17, 15) is 8.42 Å². The number of halogens is 1. The summed E-state index contributed by atoms with van der Waals surface area (Å²) in [7, 11) is 2.13. The summed E-state index contributed by atoms with van der Waals surface area (Å²) >= 11 is 5.96. The van der Waals surface area contributed by atoms with Crippen molar-refractivity contribution in [1.29, 1.82) is 0 Å². The second-order valence-electron chi connectivity index (χ2n) is 6.69. The number of hydrogen-bond donors (Lipinski definition) is 0. The highest BCUT2D eigenvalue weighted by Crippen LogP contribution is 2.36. The molecule has 0 saturated heterocycles. The molecule has 0 N–H and O–H groups in total. The van der Waals surface area contributed by atoms with Gasteiger partial charge in [-0.3, -0.25) is 4.31 Å². The van der Waals surface area contributed by atoms with Crippen molar-refractivity contribution in [2.75, 3.05) is 32.7 Å². The van der Waals surface area contributed by atoms with Crippen LogP contribution in [0.4, 0.5) is 5.69 Å². The summed E-state index contributed by atoms with van der Waals surface area (Å²) in [6.07, 6.45) is 0. The number of sulfonamides is 1. The molecule has 0 bridgehead atoms. The fourth-order valence-corrected chi connectivity index (χ4v) is 4.74. The number of anilines is 1. The lowest BCUT2D eigenvalue weighted by Gasteiger charge is -2.26. The zero-order valence-electron chi connectivity index (χ0n) is 18.2. The van der Waals surface area contributed by atoms with E-state index in [1.807, 2.05) is 0 Å². The van der Waals surface area contributed by atoms with Crippen LogP contribution in [0, 0.1) is 0 Å². The Balaban J connectivity index is 2.12. The van der Waals surface area contributed by atoms with Gasteiger partial charge in [0, 0.05) is 11.1 Å². The molecular formula is C23H24ClNO6S. The second kappa shape index (κ2) is 10.0. The van der Waals surface area contributed by atoms with Crippen molar-refractivity contribution in [2.24, 2.45) is 0 Å². The molecule has 0 saturated carbocycles. The predicted molar refractivity (Wildman–Crippen MR) is 124 cm³/mol. The molecule has 0 fully saturated rings. The molecule has 0 aliphatic heterocycles.